The van der Waals surface area contributed by atoms with Gasteiger partial charge in [0.05, 0.1) is 6.61 Å². The quantitative estimate of drug-likeness (QED) is 0.787. The summed E-state index contributed by atoms with van der Waals surface area (Å²) in [6.07, 6.45) is 4.51. The average molecular weight is 291 g/mol. The van der Waals surface area contributed by atoms with E-state index in [4.69, 9.17) is 9.47 Å². The van der Waals surface area contributed by atoms with Gasteiger partial charge in [0.2, 0.25) is 0 Å². The number of hydrogen-bond acceptors (Lipinski definition) is 3. The summed E-state index contributed by atoms with van der Waals surface area (Å²) >= 11 is 0. The van der Waals surface area contributed by atoms with Gasteiger partial charge in [-0.25, -0.2) is 0 Å². The fourth-order valence-corrected chi connectivity index (χ4v) is 2.90. The van der Waals surface area contributed by atoms with Crippen molar-refractivity contribution in [3.63, 3.8) is 0 Å². The van der Waals surface area contributed by atoms with Crippen LogP contribution < -0.4 is 10.1 Å². The SMILES string of the molecule is CCCNC(c1ccc(OCCC)cc1)C1CCOCC1. The molecule has 0 aliphatic carbocycles. The van der Waals surface area contributed by atoms with Crippen molar-refractivity contribution in [1.29, 1.82) is 0 Å². The third kappa shape index (κ3) is 5.01. The van der Waals surface area contributed by atoms with Crippen LogP contribution in [0.2, 0.25) is 0 Å². The van der Waals surface area contributed by atoms with E-state index in [-0.39, 0.29) is 0 Å². The normalized spacial score (nSPS) is 17.6. The van der Waals surface area contributed by atoms with E-state index in [1.54, 1.807) is 0 Å². The minimum Gasteiger partial charge on any atom is -0.494 e. The zero-order valence-corrected chi connectivity index (χ0v) is 13.4. The van der Waals surface area contributed by atoms with Crippen LogP contribution in [0.15, 0.2) is 24.3 Å². The molecule has 0 saturated carbocycles. The molecular formula is C18H29NO2. The van der Waals surface area contributed by atoms with Gasteiger partial charge in [-0.1, -0.05) is 26.0 Å². The minimum absolute atomic E-state index is 0.439. The van der Waals surface area contributed by atoms with Crippen molar-refractivity contribution in [2.45, 2.75) is 45.6 Å². The lowest BCUT2D eigenvalue weighted by Crippen LogP contribution is -2.32. The van der Waals surface area contributed by atoms with Crippen LogP contribution in [0.4, 0.5) is 0 Å². The molecule has 1 atom stereocenters. The van der Waals surface area contributed by atoms with Gasteiger partial charge >= 0.3 is 0 Å². The van der Waals surface area contributed by atoms with Gasteiger partial charge in [0, 0.05) is 19.3 Å². The van der Waals surface area contributed by atoms with E-state index in [0.717, 1.165) is 57.8 Å². The highest BCUT2D eigenvalue weighted by molar-refractivity contribution is 5.29. The molecule has 3 heteroatoms. The Morgan fingerprint density at radius 1 is 1.14 bits per heavy atom. The molecule has 1 aromatic rings. The summed E-state index contributed by atoms with van der Waals surface area (Å²) in [6, 6.07) is 9.08. The zero-order chi connectivity index (χ0) is 14.9. The molecule has 21 heavy (non-hydrogen) atoms. The molecule has 1 heterocycles. The lowest BCUT2D eigenvalue weighted by atomic mass is 9.87. The predicted molar refractivity (Wildman–Crippen MR) is 86.8 cm³/mol. The number of nitrogens with one attached hydrogen (secondary N) is 1. The van der Waals surface area contributed by atoms with Crippen molar-refractivity contribution in [1.82, 2.24) is 5.32 Å². The smallest absolute Gasteiger partial charge is 0.119 e. The molecule has 0 aromatic heterocycles. The highest BCUT2D eigenvalue weighted by atomic mass is 16.5. The second kappa shape index (κ2) is 9.06. The molecule has 0 amide bonds. The molecule has 1 unspecified atom stereocenters. The van der Waals surface area contributed by atoms with Crippen LogP contribution in [-0.2, 0) is 4.74 Å². The Bertz CT molecular complexity index is 385. The highest BCUT2D eigenvalue weighted by Gasteiger charge is 2.24. The van der Waals surface area contributed by atoms with E-state index in [0.29, 0.717) is 12.0 Å². The van der Waals surface area contributed by atoms with Gasteiger partial charge < -0.3 is 14.8 Å². The Kier molecular flexibility index (Phi) is 7.04. The molecular weight excluding hydrogens is 262 g/mol. The van der Waals surface area contributed by atoms with Crippen LogP contribution in [0.5, 0.6) is 5.75 Å². The molecule has 118 valence electrons. The Morgan fingerprint density at radius 2 is 1.86 bits per heavy atom. The molecule has 1 aromatic carbocycles. The van der Waals surface area contributed by atoms with Gasteiger partial charge in [0.25, 0.3) is 0 Å². The molecule has 0 spiro atoms. The number of benzene rings is 1. The Hall–Kier alpha value is -1.06. The standard InChI is InChI=1S/C18H29NO2/c1-3-11-19-18(16-9-13-20-14-10-16)15-5-7-17(8-6-15)21-12-4-2/h5-8,16,18-19H,3-4,9-14H2,1-2H3. The average Bonchev–Trinajstić information content (AvgIpc) is 2.55. The number of hydrogen-bond donors (Lipinski definition) is 1. The van der Waals surface area contributed by atoms with E-state index >= 15 is 0 Å². The second-order valence-corrected chi connectivity index (χ2v) is 5.80. The molecule has 2 rings (SSSR count). The Morgan fingerprint density at radius 3 is 2.48 bits per heavy atom. The summed E-state index contributed by atoms with van der Waals surface area (Å²) in [5.41, 5.74) is 1.37. The maximum Gasteiger partial charge on any atom is 0.119 e. The first-order valence-corrected chi connectivity index (χ1v) is 8.39. The van der Waals surface area contributed by atoms with Crippen LogP contribution in [0, 0.1) is 5.92 Å². The van der Waals surface area contributed by atoms with E-state index in [1.165, 1.54) is 5.56 Å². The molecule has 0 radical (unpaired) electrons. The van der Waals surface area contributed by atoms with Gasteiger partial charge in [0.1, 0.15) is 5.75 Å². The summed E-state index contributed by atoms with van der Waals surface area (Å²) < 4.78 is 11.2. The summed E-state index contributed by atoms with van der Waals surface area (Å²) in [4.78, 5) is 0. The van der Waals surface area contributed by atoms with Crippen molar-refractivity contribution in [3.05, 3.63) is 29.8 Å². The Balaban J connectivity index is 2.04. The van der Waals surface area contributed by atoms with Gasteiger partial charge in [-0.05, 0) is 55.8 Å². The zero-order valence-electron chi connectivity index (χ0n) is 13.4. The summed E-state index contributed by atoms with van der Waals surface area (Å²) in [5, 5.41) is 3.72. The minimum atomic E-state index is 0.439. The fraction of sp³-hybridized carbons (Fsp3) is 0.667. The molecule has 1 fully saturated rings. The van der Waals surface area contributed by atoms with Gasteiger partial charge in [0.15, 0.2) is 0 Å². The third-order valence-corrected chi connectivity index (χ3v) is 4.06. The predicted octanol–water partition coefficient (Wildman–Crippen LogP) is 3.94. The van der Waals surface area contributed by atoms with E-state index in [2.05, 4.69) is 43.4 Å². The summed E-state index contributed by atoms with van der Waals surface area (Å²) in [7, 11) is 0. The molecule has 1 saturated heterocycles. The summed E-state index contributed by atoms with van der Waals surface area (Å²) in [5.74, 6) is 1.65. The molecule has 1 aliphatic heterocycles. The van der Waals surface area contributed by atoms with Gasteiger partial charge in [-0.3, -0.25) is 0 Å². The van der Waals surface area contributed by atoms with E-state index in [1.807, 2.05) is 0 Å². The lowest BCUT2D eigenvalue weighted by Gasteiger charge is -2.31. The van der Waals surface area contributed by atoms with Crippen LogP contribution in [0.3, 0.4) is 0 Å². The van der Waals surface area contributed by atoms with E-state index in [9.17, 15) is 0 Å². The number of rotatable bonds is 8. The van der Waals surface area contributed by atoms with Crippen LogP contribution >= 0.6 is 0 Å². The number of ether oxygens (including phenoxy) is 2. The van der Waals surface area contributed by atoms with Gasteiger partial charge in [-0.2, -0.15) is 0 Å². The van der Waals surface area contributed by atoms with Gasteiger partial charge in [-0.15, -0.1) is 0 Å². The Labute approximate surface area is 129 Å². The monoisotopic (exact) mass is 291 g/mol. The maximum absolute atomic E-state index is 5.68. The second-order valence-electron chi connectivity index (χ2n) is 5.80. The largest absolute Gasteiger partial charge is 0.494 e. The van der Waals surface area contributed by atoms with Crippen LogP contribution in [0.1, 0.15) is 51.1 Å². The molecule has 0 bridgehead atoms. The highest BCUT2D eigenvalue weighted by Crippen LogP contribution is 2.31. The third-order valence-electron chi connectivity index (χ3n) is 4.06. The van der Waals surface area contributed by atoms with Crippen LogP contribution in [0.25, 0.3) is 0 Å². The van der Waals surface area contributed by atoms with Crippen molar-refractivity contribution in [3.8, 4) is 5.75 Å². The fourth-order valence-electron chi connectivity index (χ4n) is 2.90. The topological polar surface area (TPSA) is 30.5 Å². The first-order chi connectivity index (χ1) is 10.3. The van der Waals surface area contributed by atoms with Crippen molar-refractivity contribution in [2.24, 2.45) is 5.92 Å². The lowest BCUT2D eigenvalue weighted by molar-refractivity contribution is 0.0536. The van der Waals surface area contributed by atoms with Crippen molar-refractivity contribution in [2.75, 3.05) is 26.4 Å². The summed E-state index contributed by atoms with van der Waals surface area (Å²) in [6.45, 7) is 7.99. The first-order valence-electron chi connectivity index (χ1n) is 8.39. The maximum atomic E-state index is 5.68. The first kappa shape index (κ1) is 16.3. The van der Waals surface area contributed by atoms with Crippen molar-refractivity contribution < 1.29 is 9.47 Å². The molecule has 1 N–H and O–H groups in total. The molecule has 1 aliphatic rings. The molecule has 3 nitrogen and oxygen atoms in total. The van der Waals surface area contributed by atoms with E-state index < -0.39 is 0 Å². The van der Waals surface area contributed by atoms with Crippen LogP contribution in [-0.4, -0.2) is 26.4 Å². The van der Waals surface area contributed by atoms with Crippen molar-refractivity contribution >= 4 is 0 Å².